The van der Waals surface area contributed by atoms with Crippen molar-refractivity contribution in [2.45, 2.75) is 25.9 Å². The van der Waals surface area contributed by atoms with Gasteiger partial charge < -0.3 is 10.3 Å². The number of nitriles is 1. The highest BCUT2D eigenvalue weighted by Crippen LogP contribution is 2.30. The third-order valence-corrected chi connectivity index (χ3v) is 5.35. The van der Waals surface area contributed by atoms with Crippen LogP contribution in [0.25, 0.3) is 10.9 Å². The largest absolute Gasteiger partial charge is 0.416 e. The summed E-state index contributed by atoms with van der Waals surface area (Å²) >= 11 is 0. The van der Waals surface area contributed by atoms with E-state index in [1.807, 2.05) is 13.0 Å². The molecular weight excluding hydrogens is 432 g/mol. The maximum Gasteiger partial charge on any atom is 0.416 e. The molecule has 168 valence electrons. The van der Waals surface area contributed by atoms with Crippen molar-refractivity contribution in [1.82, 2.24) is 9.97 Å². The van der Waals surface area contributed by atoms with E-state index in [9.17, 15) is 22.8 Å². The Bertz CT molecular complexity index is 1320. The molecule has 0 saturated heterocycles. The van der Waals surface area contributed by atoms with Gasteiger partial charge in [-0.2, -0.15) is 18.4 Å². The van der Waals surface area contributed by atoms with Crippen molar-refractivity contribution < 1.29 is 17.6 Å². The fourth-order valence-corrected chi connectivity index (χ4v) is 3.85. The fourth-order valence-electron chi connectivity index (χ4n) is 3.85. The number of alkyl halides is 3. The molecule has 0 aliphatic rings. The van der Waals surface area contributed by atoms with Gasteiger partial charge in [-0.25, -0.2) is 9.37 Å². The van der Waals surface area contributed by atoms with Gasteiger partial charge in [0.05, 0.1) is 11.1 Å². The number of nitrogens with zero attached hydrogens (tertiary/aromatic N) is 2. The predicted molar refractivity (Wildman–Crippen MR) is 119 cm³/mol. The van der Waals surface area contributed by atoms with E-state index < -0.39 is 11.7 Å². The molecule has 1 atom stereocenters. The monoisotopic (exact) mass is 452 g/mol. The van der Waals surface area contributed by atoms with Gasteiger partial charge >= 0.3 is 6.18 Å². The molecule has 0 bridgehead atoms. The molecule has 0 fully saturated rings. The number of aromatic nitrogens is 2. The summed E-state index contributed by atoms with van der Waals surface area (Å²) in [7, 11) is 0. The molecule has 2 aromatic heterocycles. The van der Waals surface area contributed by atoms with Crippen LogP contribution in [0.2, 0.25) is 0 Å². The molecule has 2 aromatic carbocycles. The standard InChI is InChI=1S/C25H20F4N4/c1-15(8-16-2-4-18(5-3-16)25(27,28)29)9-17-10-20(13-30)33-24(11-17)32-19-6-7-21-22(26)14-31-23(21)12-19/h2-7,10-12,14-15,31H,8-9H2,1H3,(H,32,33). The quantitative estimate of drug-likeness (QED) is 0.318. The molecule has 2 N–H and O–H groups in total. The Morgan fingerprint density at radius 3 is 2.45 bits per heavy atom. The van der Waals surface area contributed by atoms with Crippen LogP contribution >= 0.6 is 0 Å². The molecule has 0 spiro atoms. The van der Waals surface area contributed by atoms with Crippen LogP contribution in [-0.2, 0) is 19.0 Å². The second-order valence-electron chi connectivity index (χ2n) is 8.09. The van der Waals surface area contributed by atoms with Crippen LogP contribution < -0.4 is 5.32 Å². The number of anilines is 2. The van der Waals surface area contributed by atoms with E-state index in [4.69, 9.17) is 0 Å². The average molecular weight is 452 g/mol. The number of fused-ring (bicyclic) bond motifs is 1. The zero-order valence-electron chi connectivity index (χ0n) is 17.7. The first-order valence-corrected chi connectivity index (χ1v) is 10.3. The topological polar surface area (TPSA) is 64.5 Å². The molecule has 0 radical (unpaired) electrons. The van der Waals surface area contributed by atoms with Crippen LogP contribution in [0.4, 0.5) is 29.1 Å². The van der Waals surface area contributed by atoms with E-state index in [2.05, 4.69) is 21.4 Å². The molecule has 8 heteroatoms. The van der Waals surface area contributed by atoms with Crippen LogP contribution in [0.3, 0.4) is 0 Å². The number of hydrogen-bond donors (Lipinski definition) is 2. The molecular formula is C25H20F4N4. The van der Waals surface area contributed by atoms with Crippen molar-refractivity contribution >= 4 is 22.4 Å². The number of hydrogen-bond acceptors (Lipinski definition) is 3. The zero-order valence-corrected chi connectivity index (χ0v) is 17.7. The highest BCUT2D eigenvalue weighted by atomic mass is 19.4. The van der Waals surface area contributed by atoms with E-state index in [-0.39, 0.29) is 17.4 Å². The molecule has 33 heavy (non-hydrogen) atoms. The van der Waals surface area contributed by atoms with Crippen molar-refractivity contribution in [2.24, 2.45) is 5.92 Å². The van der Waals surface area contributed by atoms with Gasteiger partial charge in [-0.1, -0.05) is 19.1 Å². The van der Waals surface area contributed by atoms with Gasteiger partial charge in [0.25, 0.3) is 0 Å². The first kappa shape index (κ1) is 22.3. The number of nitrogens with one attached hydrogen (secondary N) is 2. The Morgan fingerprint density at radius 1 is 1.03 bits per heavy atom. The number of pyridine rings is 1. The van der Waals surface area contributed by atoms with Crippen LogP contribution in [0.5, 0.6) is 0 Å². The third-order valence-electron chi connectivity index (χ3n) is 5.35. The van der Waals surface area contributed by atoms with Crippen LogP contribution in [0.15, 0.2) is 60.8 Å². The predicted octanol–water partition coefficient (Wildman–Crippen LogP) is 6.76. The molecule has 0 aliphatic heterocycles. The van der Waals surface area contributed by atoms with E-state index in [0.717, 1.165) is 23.3 Å². The minimum atomic E-state index is -4.35. The van der Waals surface area contributed by atoms with Gasteiger partial charge in [0.2, 0.25) is 0 Å². The molecule has 4 nitrogen and oxygen atoms in total. The van der Waals surface area contributed by atoms with E-state index in [1.54, 1.807) is 24.3 Å². The smallest absolute Gasteiger partial charge is 0.358 e. The minimum absolute atomic E-state index is 0.127. The zero-order chi connectivity index (χ0) is 23.6. The molecule has 4 aromatic rings. The maximum absolute atomic E-state index is 13.7. The highest BCUT2D eigenvalue weighted by molar-refractivity contribution is 5.84. The summed E-state index contributed by atoms with van der Waals surface area (Å²) in [5.41, 5.74) is 2.62. The number of rotatable bonds is 6. The molecule has 1 unspecified atom stereocenters. The molecule has 4 rings (SSSR count). The second-order valence-corrected chi connectivity index (χ2v) is 8.09. The fraction of sp³-hybridized carbons (Fsp3) is 0.200. The van der Waals surface area contributed by atoms with Crippen LogP contribution in [0.1, 0.15) is 29.3 Å². The van der Waals surface area contributed by atoms with Gasteiger partial charge in [0, 0.05) is 17.3 Å². The van der Waals surface area contributed by atoms with Gasteiger partial charge in [-0.05, 0) is 72.4 Å². The van der Waals surface area contributed by atoms with Gasteiger partial charge in [-0.15, -0.1) is 0 Å². The summed E-state index contributed by atoms with van der Waals surface area (Å²) in [5, 5.41) is 13.0. The highest BCUT2D eigenvalue weighted by Gasteiger charge is 2.29. The van der Waals surface area contributed by atoms with Crippen LogP contribution in [0, 0.1) is 23.1 Å². The SMILES string of the molecule is CC(Cc1ccc(C(F)(F)F)cc1)Cc1cc(C#N)nc(Nc2ccc3c(F)c[nH]c3c2)c1. The van der Waals surface area contributed by atoms with E-state index >= 15 is 0 Å². The number of H-pyrrole nitrogens is 1. The van der Waals surface area contributed by atoms with E-state index in [0.29, 0.717) is 35.2 Å². The van der Waals surface area contributed by atoms with Gasteiger partial charge in [0.1, 0.15) is 23.4 Å². The summed E-state index contributed by atoms with van der Waals surface area (Å²) < 4.78 is 51.9. The molecule has 0 saturated carbocycles. The third kappa shape index (κ3) is 5.32. The molecule has 2 heterocycles. The normalized spacial score (nSPS) is 12.5. The van der Waals surface area contributed by atoms with Crippen molar-refractivity contribution in [2.75, 3.05) is 5.32 Å². The maximum atomic E-state index is 13.7. The Kier molecular flexibility index (Phi) is 6.05. The first-order valence-electron chi connectivity index (χ1n) is 10.3. The summed E-state index contributed by atoms with van der Waals surface area (Å²) in [4.78, 5) is 7.15. The van der Waals surface area contributed by atoms with Crippen molar-refractivity contribution in [3.63, 3.8) is 0 Å². The molecule has 0 amide bonds. The number of benzene rings is 2. The minimum Gasteiger partial charge on any atom is -0.358 e. The van der Waals surface area contributed by atoms with Gasteiger partial charge in [0.15, 0.2) is 0 Å². The Morgan fingerprint density at radius 2 is 1.76 bits per heavy atom. The second kappa shape index (κ2) is 8.94. The Labute approximate surface area is 187 Å². The van der Waals surface area contributed by atoms with Crippen molar-refractivity contribution in [3.8, 4) is 6.07 Å². The van der Waals surface area contributed by atoms with Crippen molar-refractivity contribution in [3.05, 3.63) is 89.0 Å². The molecule has 0 aliphatic carbocycles. The average Bonchev–Trinajstić information content (AvgIpc) is 3.13. The number of aromatic amines is 1. The van der Waals surface area contributed by atoms with Crippen molar-refractivity contribution in [1.29, 1.82) is 5.26 Å². The lowest BCUT2D eigenvalue weighted by molar-refractivity contribution is -0.137. The van der Waals surface area contributed by atoms with Crippen LogP contribution in [-0.4, -0.2) is 9.97 Å². The Balaban J connectivity index is 1.48. The number of halogens is 4. The first-order chi connectivity index (χ1) is 15.7. The summed E-state index contributed by atoms with van der Waals surface area (Å²) in [6, 6.07) is 15.9. The van der Waals surface area contributed by atoms with E-state index in [1.165, 1.54) is 18.3 Å². The lowest BCUT2D eigenvalue weighted by Gasteiger charge is -2.14. The van der Waals surface area contributed by atoms with Gasteiger partial charge in [-0.3, -0.25) is 0 Å². The lowest BCUT2D eigenvalue weighted by Crippen LogP contribution is -2.07. The lowest BCUT2D eigenvalue weighted by atomic mass is 9.94. The summed E-state index contributed by atoms with van der Waals surface area (Å²) in [6.07, 6.45) is -1.84. The summed E-state index contributed by atoms with van der Waals surface area (Å²) in [6.45, 7) is 2.00. The summed E-state index contributed by atoms with van der Waals surface area (Å²) in [5.74, 6) is 0.282. The Hall–Kier alpha value is -3.86.